The van der Waals surface area contributed by atoms with Crippen LogP contribution in [0.2, 0.25) is 0 Å². The van der Waals surface area contributed by atoms with Crippen LogP contribution in [0, 0.1) is 0 Å². The molecule has 0 unspecified atom stereocenters. The molecule has 35 heteroatoms. The minimum Gasteiger partial charge on any atom is -0.508 e. The van der Waals surface area contributed by atoms with Crippen LogP contribution < -0.4 is 93.7 Å². The van der Waals surface area contributed by atoms with E-state index in [-0.39, 0.29) is 86.7 Å². The van der Waals surface area contributed by atoms with Gasteiger partial charge in [0.25, 0.3) is 0 Å². The van der Waals surface area contributed by atoms with Gasteiger partial charge in [0.2, 0.25) is 70.9 Å². The second-order valence-corrected chi connectivity index (χ2v) is 21.8. The van der Waals surface area contributed by atoms with Crippen molar-refractivity contribution in [3.63, 3.8) is 0 Å². The summed E-state index contributed by atoms with van der Waals surface area (Å²) >= 11 is 0.978. The highest BCUT2D eigenvalue weighted by Gasteiger charge is 2.34. The maximum absolute atomic E-state index is 14.4. The van der Waals surface area contributed by atoms with Crippen molar-refractivity contribution in [2.24, 2.45) is 55.9 Å². The van der Waals surface area contributed by atoms with Crippen molar-refractivity contribution in [3.05, 3.63) is 29.8 Å². The maximum atomic E-state index is 14.4. The van der Waals surface area contributed by atoms with Gasteiger partial charge in [-0.1, -0.05) is 33.7 Å². The molecule has 0 aliphatic heterocycles. The van der Waals surface area contributed by atoms with Gasteiger partial charge in [0.1, 0.15) is 54.1 Å². The number of nitrogens with zero attached hydrogens (tertiary/aromatic N) is 2. The Morgan fingerprint density at radius 3 is 1.37 bits per heavy atom. The Hall–Kier alpha value is -7.79. The van der Waals surface area contributed by atoms with Gasteiger partial charge in [-0.3, -0.25) is 67.5 Å². The number of aromatic hydroxyl groups is 1. The molecule has 458 valence electrons. The smallest absolute Gasteiger partial charge is 0.244 e. The van der Waals surface area contributed by atoms with Crippen molar-refractivity contribution in [3.8, 4) is 5.75 Å². The Labute approximate surface area is 485 Å². The summed E-state index contributed by atoms with van der Waals surface area (Å²) in [6.07, 6.45) is 0.470. The molecule has 82 heavy (non-hydrogen) atoms. The Balaban J connectivity index is 3.68. The molecule has 0 saturated carbocycles. The van der Waals surface area contributed by atoms with Gasteiger partial charge in [0.15, 0.2) is 11.9 Å². The monoisotopic (exact) mass is 1210 g/mol. The molecule has 0 bridgehead atoms. The molecule has 1 aromatic rings. The fraction of sp³-hybridized carbons (Fsp3) is 0.574. The predicted molar refractivity (Wildman–Crippen MR) is 310 cm³/mol. The lowest BCUT2D eigenvalue weighted by atomic mass is 10.0. The Bertz CT molecular complexity index is 2400. The number of guanidine groups is 2. The molecule has 12 amide bonds. The van der Waals surface area contributed by atoms with Crippen molar-refractivity contribution in [2.45, 2.75) is 127 Å². The number of unbranched alkanes of at least 4 members (excludes halogenated alkanes) is 1. The SMILES string of the molecule is CC(=O)NCSC[C@H](NC(=O)[C@H](CSSC[C@H](NC(=O)[C@H](CCCN=C(N)N)NC(=O)[C@H](CCCCN)NC(C)=O)C(N)=O)NC(=O)[C@H](CC(N)=O)NC(=O)[C@H](Cc1ccc(O)cc1)NC(C)=O)C(=O)N[C@@H](CCCN=C(N)N)C(N)=O. The van der Waals surface area contributed by atoms with Crippen molar-refractivity contribution in [2.75, 3.05) is 42.8 Å². The van der Waals surface area contributed by atoms with Gasteiger partial charge in [-0.05, 0) is 69.2 Å². The topological polar surface area (TPSA) is 566 Å². The van der Waals surface area contributed by atoms with Crippen molar-refractivity contribution < 1.29 is 62.6 Å². The lowest BCUT2D eigenvalue weighted by molar-refractivity contribution is -0.135. The molecule has 0 fully saturated rings. The number of amides is 12. The summed E-state index contributed by atoms with van der Waals surface area (Å²) in [5.74, 6) is -11.9. The summed E-state index contributed by atoms with van der Waals surface area (Å²) in [7, 11) is 1.71. The molecule has 0 aliphatic rings. The molecule has 0 spiro atoms. The van der Waals surface area contributed by atoms with E-state index in [0.29, 0.717) is 24.9 Å². The van der Waals surface area contributed by atoms with E-state index in [4.69, 9.17) is 45.9 Å². The Morgan fingerprint density at radius 2 is 0.878 bits per heavy atom. The van der Waals surface area contributed by atoms with E-state index >= 15 is 0 Å². The van der Waals surface area contributed by atoms with Gasteiger partial charge in [0.05, 0.1) is 12.3 Å². The minimum atomic E-state index is -1.79. The molecule has 26 N–H and O–H groups in total. The van der Waals surface area contributed by atoms with Crippen LogP contribution in [0.15, 0.2) is 34.3 Å². The van der Waals surface area contributed by atoms with Crippen LogP contribution in [0.1, 0.15) is 77.7 Å². The summed E-state index contributed by atoms with van der Waals surface area (Å²) in [4.78, 5) is 165. The first-order valence-electron chi connectivity index (χ1n) is 25.5. The zero-order chi connectivity index (χ0) is 61.9. The van der Waals surface area contributed by atoms with Gasteiger partial charge < -0.3 is 98.8 Å². The fourth-order valence-corrected chi connectivity index (χ4v) is 10.3. The highest BCUT2D eigenvalue weighted by Crippen LogP contribution is 2.24. The van der Waals surface area contributed by atoms with E-state index in [1.54, 1.807) is 0 Å². The third-order valence-electron chi connectivity index (χ3n) is 11.1. The zero-order valence-corrected chi connectivity index (χ0v) is 48.3. The lowest BCUT2D eigenvalue weighted by Gasteiger charge is -2.27. The first-order chi connectivity index (χ1) is 38.6. The quantitative estimate of drug-likeness (QED) is 0.00952. The highest BCUT2D eigenvalue weighted by atomic mass is 33.1. The third-order valence-corrected chi connectivity index (χ3v) is 14.5. The number of phenolic OH excluding ortho intramolecular Hbond substituents is 1. The predicted octanol–water partition coefficient (Wildman–Crippen LogP) is -6.86. The van der Waals surface area contributed by atoms with Crippen molar-refractivity contribution in [1.29, 1.82) is 0 Å². The molecule has 0 heterocycles. The number of nitrogens with one attached hydrogen (secondary N) is 9. The van der Waals surface area contributed by atoms with Crippen LogP contribution in [-0.2, 0) is 64.0 Å². The average Bonchev–Trinajstić information content (AvgIpc) is 3.41. The summed E-state index contributed by atoms with van der Waals surface area (Å²) in [5.41, 5.74) is 44.6. The van der Waals surface area contributed by atoms with Gasteiger partial charge in [0, 0.05) is 57.5 Å². The fourth-order valence-electron chi connectivity index (χ4n) is 7.06. The van der Waals surface area contributed by atoms with Gasteiger partial charge in [-0.2, -0.15) is 0 Å². The summed E-state index contributed by atoms with van der Waals surface area (Å²) in [5, 5.41) is 32.2. The second-order valence-electron chi connectivity index (χ2n) is 18.2. The minimum absolute atomic E-state index is 0.0367. The first kappa shape index (κ1) is 72.2. The average molecular weight is 1210 g/mol. The number of rotatable bonds is 41. The third kappa shape index (κ3) is 31.9. The standard InChI is InChI=1S/C47H79N19O13S3/c1-24(67)58-23-80-20-35(44(78)61-29(38(50)72)9-6-16-56-46(52)53)65-45(79)36(66-43(77)33(19-37(49)71)63-42(76)32(60-26(3)69)18-27-11-13-28(70)14-12-27)22-82-81-21-34(39(51)73)64-41(75)31(10-7-17-57-47(54)55)62-40(74)30(59-25(2)68)8-4-5-15-48/h11-14,29-36,70H,4-10,15-23,48H2,1-3H3,(H2,49,71)(H2,50,72)(H2,51,73)(H,58,67)(H,59,68)(H,60,69)(H,61,78)(H,62,74)(H,63,76)(H,64,75)(H,65,79)(H,66,77)(H4,52,53,56)(H4,54,55,57)/t29-,30-,31-,32-,33-,34-,35-,36-/m0/s1. The number of aliphatic imine (C=N–C) groups is 2. The summed E-state index contributed by atoms with van der Waals surface area (Å²) < 4.78 is 0. The number of carbonyl (C=O) groups excluding carboxylic acids is 12. The maximum Gasteiger partial charge on any atom is 0.244 e. The summed E-state index contributed by atoms with van der Waals surface area (Å²) in [6, 6.07) is -5.79. The molecule has 32 nitrogen and oxygen atoms in total. The number of carbonyl (C=O) groups is 12. The second kappa shape index (κ2) is 39.6. The molecule has 0 aromatic heterocycles. The van der Waals surface area contributed by atoms with Crippen LogP contribution >= 0.6 is 33.3 Å². The van der Waals surface area contributed by atoms with E-state index in [9.17, 15) is 62.6 Å². The summed E-state index contributed by atoms with van der Waals surface area (Å²) in [6.45, 7) is 4.04. The van der Waals surface area contributed by atoms with E-state index < -0.39 is 131 Å². The van der Waals surface area contributed by atoms with Gasteiger partial charge in [-0.15, -0.1) is 11.8 Å². The number of thioether (sulfide) groups is 1. The molecule has 0 saturated heterocycles. The molecule has 8 atom stereocenters. The molecule has 0 radical (unpaired) electrons. The van der Waals surface area contributed by atoms with Crippen molar-refractivity contribution in [1.82, 2.24) is 47.9 Å². The highest BCUT2D eigenvalue weighted by molar-refractivity contribution is 8.76. The van der Waals surface area contributed by atoms with E-state index in [2.05, 4.69) is 57.8 Å². The van der Waals surface area contributed by atoms with E-state index in [1.807, 2.05) is 0 Å². The molecular formula is C47H79N19O13S3. The van der Waals surface area contributed by atoms with Crippen molar-refractivity contribution >= 4 is 116 Å². The zero-order valence-electron chi connectivity index (χ0n) is 45.8. The van der Waals surface area contributed by atoms with Crippen LogP contribution in [0.5, 0.6) is 5.75 Å². The van der Waals surface area contributed by atoms with Gasteiger partial charge in [-0.25, -0.2) is 0 Å². The van der Waals surface area contributed by atoms with Crippen LogP contribution in [-0.4, -0.2) is 179 Å². The Kier molecular flexibility index (Phi) is 34.9. The number of phenols is 1. The number of benzene rings is 1. The van der Waals surface area contributed by atoms with E-state index in [0.717, 1.165) is 40.3 Å². The van der Waals surface area contributed by atoms with Crippen LogP contribution in [0.4, 0.5) is 0 Å². The Morgan fingerprint density at radius 1 is 0.476 bits per heavy atom. The van der Waals surface area contributed by atoms with Gasteiger partial charge >= 0.3 is 0 Å². The number of hydrogen-bond donors (Lipinski definition) is 18. The number of hydrogen-bond acceptors (Lipinski definition) is 19. The molecular weight excluding hydrogens is 1130 g/mol. The van der Waals surface area contributed by atoms with Crippen LogP contribution in [0.25, 0.3) is 0 Å². The number of primary amides is 3. The number of nitrogens with two attached hydrogens (primary N) is 8. The lowest BCUT2D eigenvalue weighted by Crippen LogP contribution is -2.60. The largest absolute Gasteiger partial charge is 0.508 e. The molecule has 1 rings (SSSR count). The van der Waals surface area contributed by atoms with E-state index in [1.165, 1.54) is 38.1 Å². The van der Waals surface area contributed by atoms with Crippen LogP contribution in [0.3, 0.4) is 0 Å². The normalized spacial score (nSPS) is 13.7. The molecule has 0 aliphatic carbocycles. The first-order valence-corrected chi connectivity index (χ1v) is 29.2. The molecule has 1 aromatic carbocycles.